The monoisotopic (exact) mass is 249 g/mol. The second kappa shape index (κ2) is 4.91. The third kappa shape index (κ3) is 2.44. The zero-order valence-electron chi connectivity index (χ0n) is 9.95. The summed E-state index contributed by atoms with van der Waals surface area (Å²) in [6.07, 6.45) is 3.20. The van der Waals surface area contributed by atoms with Gasteiger partial charge >= 0.3 is 0 Å². The fourth-order valence-electron chi connectivity index (χ4n) is 2.18. The molecule has 6 nitrogen and oxygen atoms in total. The summed E-state index contributed by atoms with van der Waals surface area (Å²) < 4.78 is 10.7. The standard InChI is InChI=1S/C12H15N3O3/c16-9-3-1-5-15(7-9)8-11-13-14-12(18-11)10-4-2-6-17-10/h2,4,6,9,16H,1,3,5,7-8H2. The Morgan fingerprint density at radius 1 is 1.44 bits per heavy atom. The lowest BCUT2D eigenvalue weighted by Gasteiger charge is -2.28. The van der Waals surface area contributed by atoms with Crippen molar-refractivity contribution in [2.75, 3.05) is 13.1 Å². The minimum Gasteiger partial charge on any atom is -0.459 e. The normalized spacial score (nSPS) is 21.3. The highest BCUT2D eigenvalue weighted by Crippen LogP contribution is 2.19. The molecule has 0 bridgehead atoms. The van der Waals surface area contributed by atoms with Crippen LogP contribution in [-0.2, 0) is 6.54 Å². The number of aliphatic hydroxyl groups is 1. The molecule has 2 aromatic heterocycles. The molecule has 0 saturated carbocycles. The minimum atomic E-state index is -0.244. The van der Waals surface area contributed by atoms with Crippen LogP contribution < -0.4 is 0 Å². The molecule has 1 aliphatic rings. The molecule has 0 radical (unpaired) electrons. The molecule has 1 aliphatic heterocycles. The summed E-state index contributed by atoms with van der Waals surface area (Å²) in [6.45, 7) is 2.19. The number of aliphatic hydroxyl groups excluding tert-OH is 1. The molecule has 1 fully saturated rings. The van der Waals surface area contributed by atoms with Crippen LogP contribution in [0.1, 0.15) is 18.7 Å². The number of hydrogen-bond donors (Lipinski definition) is 1. The summed E-state index contributed by atoms with van der Waals surface area (Å²) in [5, 5.41) is 17.5. The van der Waals surface area contributed by atoms with Crippen molar-refractivity contribution in [2.45, 2.75) is 25.5 Å². The van der Waals surface area contributed by atoms with Gasteiger partial charge in [-0.25, -0.2) is 0 Å². The molecule has 1 N–H and O–H groups in total. The van der Waals surface area contributed by atoms with Gasteiger partial charge in [-0.3, -0.25) is 4.90 Å². The molecule has 1 atom stereocenters. The Morgan fingerprint density at radius 2 is 2.39 bits per heavy atom. The first kappa shape index (κ1) is 11.4. The van der Waals surface area contributed by atoms with E-state index in [-0.39, 0.29) is 6.10 Å². The van der Waals surface area contributed by atoms with Gasteiger partial charge in [-0.05, 0) is 31.5 Å². The van der Waals surface area contributed by atoms with Crippen molar-refractivity contribution in [3.8, 4) is 11.7 Å². The zero-order valence-corrected chi connectivity index (χ0v) is 9.95. The summed E-state index contributed by atoms with van der Waals surface area (Å²) in [5.74, 6) is 1.52. The van der Waals surface area contributed by atoms with E-state index in [1.807, 2.05) is 0 Å². The highest BCUT2D eigenvalue weighted by molar-refractivity contribution is 5.42. The number of aromatic nitrogens is 2. The van der Waals surface area contributed by atoms with Gasteiger partial charge in [0, 0.05) is 6.54 Å². The van der Waals surface area contributed by atoms with E-state index >= 15 is 0 Å². The molecule has 3 heterocycles. The van der Waals surface area contributed by atoms with Crippen molar-refractivity contribution in [3.63, 3.8) is 0 Å². The Balaban J connectivity index is 1.66. The van der Waals surface area contributed by atoms with Gasteiger partial charge in [-0.15, -0.1) is 10.2 Å². The summed E-state index contributed by atoms with van der Waals surface area (Å²) in [6, 6.07) is 3.56. The Labute approximate surface area is 104 Å². The maximum atomic E-state index is 9.59. The number of likely N-dealkylation sites (tertiary alicyclic amines) is 1. The number of furan rings is 1. The van der Waals surface area contributed by atoms with Gasteiger partial charge in [-0.1, -0.05) is 0 Å². The molecule has 0 spiro atoms. The molecular formula is C12H15N3O3. The molecule has 0 aliphatic carbocycles. The van der Waals surface area contributed by atoms with E-state index in [0.717, 1.165) is 19.4 Å². The van der Waals surface area contributed by atoms with E-state index in [1.165, 1.54) is 0 Å². The van der Waals surface area contributed by atoms with Crippen molar-refractivity contribution in [1.82, 2.24) is 15.1 Å². The number of piperidine rings is 1. The molecule has 1 unspecified atom stereocenters. The second-order valence-electron chi connectivity index (χ2n) is 4.51. The number of β-amino-alcohol motifs (C(OH)–C–C–N with tert-alkyl or cyclic N) is 1. The molecule has 18 heavy (non-hydrogen) atoms. The molecule has 3 rings (SSSR count). The first-order valence-electron chi connectivity index (χ1n) is 6.08. The Bertz CT molecular complexity index is 494. The fourth-order valence-corrected chi connectivity index (χ4v) is 2.18. The van der Waals surface area contributed by atoms with Crippen molar-refractivity contribution in [2.24, 2.45) is 0 Å². The summed E-state index contributed by atoms with van der Waals surface area (Å²) in [4.78, 5) is 2.12. The quantitative estimate of drug-likeness (QED) is 0.883. The second-order valence-corrected chi connectivity index (χ2v) is 4.51. The summed E-state index contributed by atoms with van der Waals surface area (Å²) in [7, 11) is 0. The molecular weight excluding hydrogens is 234 g/mol. The van der Waals surface area contributed by atoms with Gasteiger partial charge in [0.2, 0.25) is 5.89 Å². The highest BCUT2D eigenvalue weighted by atomic mass is 16.4. The lowest BCUT2D eigenvalue weighted by molar-refractivity contribution is 0.0625. The van der Waals surface area contributed by atoms with Crippen molar-refractivity contribution < 1.29 is 13.9 Å². The van der Waals surface area contributed by atoms with E-state index in [1.54, 1.807) is 18.4 Å². The van der Waals surface area contributed by atoms with Crippen LogP contribution in [-0.4, -0.2) is 39.4 Å². The molecule has 0 aromatic carbocycles. The third-order valence-electron chi connectivity index (χ3n) is 3.04. The van der Waals surface area contributed by atoms with Crippen LogP contribution in [0.3, 0.4) is 0 Å². The first-order valence-corrected chi connectivity index (χ1v) is 6.08. The van der Waals surface area contributed by atoms with Gasteiger partial charge < -0.3 is 13.9 Å². The van der Waals surface area contributed by atoms with Crippen LogP contribution in [0.5, 0.6) is 0 Å². The summed E-state index contributed by atoms with van der Waals surface area (Å²) in [5.41, 5.74) is 0. The Morgan fingerprint density at radius 3 is 3.17 bits per heavy atom. The Kier molecular flexibility index (Phi) is 3.12. The van der Waals surface area contributed by atoms with Crippen LogP contribution >= 0.6 is 0 Å². The Hall–Kier alpha value is -1.66. The first-order chi connectivity index (χ1) is 8.81. The number of rotatable bonds is 3. The smallest absolute Gasteiger partial charge is 0.283 e. The van der Waals surface area contributed by atoms with Crippen LogP contribution in [0.15, 0.2) is 27.2 Å². The predicted molar refractivity (Wildman–Crippen MR) is 62.5 cm³/mol. The average molecular weight is 249 g/mol. The molecule has 1 saturated heterocycles. The van der Waals surface area contributed by atoms with Crippen LogP contribution in [0.25, 0.3) is 11.7 Å². The number of nitrogens with zero attached hydrogens (tertiary/aromatic N) is 3. The van der Waals surface area contributed by atoms with Crippen LogP contribution in [0, 0.1) is 0 Å². The van der Waals surface area contributed by atoms with Gasteiger partial charge in [-0.2, -0.15) is 0 Å². The lowest BCUT2D eigenvalue weighted by atomic mass is 10.1. The third-order valence-corrected chi connectivity index (χ3v) is 3.04. The fraction of sp³-hybridized carbons (Fsp3) is 0.500. The molecule has 0 amide bonds. The van der Waals surface area contributed by atoms with E-state index in [9.17, 15) is 5.11 Å². The maximum absolute atomic E-state index is 9.59. The van der Waals surface area contributed by atoms with Crippen LogP contribution in [0.4, 0.5) is 0 Å². The largest absolute Gasteiger partial charge is 0.459 e. The topological polar surface area (TPSA) is 75.5 Å². The SMILES string of the molecule is OC1CCCN(Cc2nnc(-c3ccco3)o2)C1. The predicted octanol–water partition coefficient (Wildman–Crippen LogP) is 1.29. The highest BCUT2D eigenvalue weighted by Gasteiger charge is 2.20. The van der Waals surface area contributed by atoms with Gasteiger partial charge in [0.25, 0.3) is 5.89 Å². The van der Waals surface area contributed by atoms with Gasteiger partial charge in [0.05, 0.1) is 18.9 Å². The lowest BCUT2D eigenvalue weighted by Crippen LogP contribution is -2.37. The van der Waals surface area contributed by atoms with Crippen LogP contribution in [0.2, 0.25) is 0 Å². The minimum absolute atomic E-state index is 0.244. The zero-order chi connectivity index (χ0) is 12.4. The van der Waals surface area contributed by atoms with E-state index in [0.29, 0.717) is 30.6 Å². The van der Waals surface area contributed by atoms with Gasteiger partial charge in [0.1, 0.15) is 0 Å². The summed E-state index contributed by atoms with van der Waals surface area (Å²) >= 11 is 0. The van der Waals surface area contributed by atoms with Crippen molar-refractivity contribution >= 4 is 0 Å². The van der Waals surface area contributed by atoms with E-state index < -0.39 is 0 Å². The average Bonchev–Trinajstić information content (AvgIpc) is 2.98. The molecule has 6 heteroatoms. The van der Waals surface area contributed by atoms with E-state index in [2.05, 4.69) is 15.1 Å². The number of hydrogen-bond acceptors (Lipinski definition) is 6. The molecule has 2 aromatic rings. The van der Waals surface area contributed by atoms with Crippen molar-refractivity contribution in [1.29, 1.82) is 0 Å². The maximum Gasteiger partial charge on any atom is 0.283 e. The van der Waals surface area contributed by atoms with Gasteiger partial charge in [0.15, 0.2) is 5.76 Å². The van der Waals surface area contributed by atoms with Crippen molar-refractivity contribution in [3.05, 3.63) is 24.3 Å². The van der Waals surface area contributed by atoms with E-state index in [4.69, 9.17) is 8.83 Å². The molecule has 96 valence electrons.